The molecule has 37 heavy (non-hydrogen) atoms. The van der Waals surface area contributed by atoms with E-state index in [1.54, 1.807) is 74.8 Å². The molecule has 0 radical (unpaired) electrons. The van der Waals surface area contributed by atoms with Crippen LogP contribution in [0.1, 0.15) is 27.0 Å². The molecule has 3 aromatic carbocycles. The van der Waals surface area contributed by atoms with Crippen LogP contribution in [-0.4, -0.2) is 59.5 Å². The van der Waals surface area contributed by atoms with Gasteiger partial charge in [0.1, 0.15) is 12.3 Å². The lowest BCUT2D eigenvalue weighted by molar-refractivity contribution is -0.137. The Morgan fingerprint density at radius 1 is 0.946 bits per heavy atom. The summed E-state index contributed by atoms with van der Waals surface area (Å²) in [6.45, 7) is -0.422. The number of nitrogens with one attached hydrogen (secondary N) is 2. The number of anilines is 1. The summed E-state index contributed by atoms with van der Waals surface area (Å²) in [5, 5.41) is 27.1. The highest BCUT2D eigenvalue weighted by atomic mass is 16.5. The minimum atomic E-state index is -1.14. The second-order valence-corrected chi connectivity index (χ2v) is 8.10. The van der Waals surface area contributed by atoms with Crippen LogP contribution in [0.25, 0.3) is 0 Å². The van der Waals surface area contributed by atoms with Gasteiger partial charge in [-0.3, -0.25) is 14.4 Å². The first-order chi connectivity index (χ1) is 17.8. The van der Waals surface area contributed by atoms with E-state index in [0.717, 1.165) is 5.56 Å². The van der Waals surface area contributed by atoms with Crippen molar-refractivity contribution in [2.24, 2.45) is 5.16 Å². The molecular weight excluding hydrogens is 476 g/mol. The van der Waals surface area contributed by atoms with Gasteiger partial charge in [-0.1, -0.05) is 41.6 Å². The molecule has 0 aliphatic carbocycles. The van der Waals surface area contributed by atoms with E-state index in [0.29, 0.717) is 22.6 Å². The lowest BCUT2D eigenvalue weighted by Crippen LogP contribution is -2.35. The molecule has 2 amide bonds. The van der Waals surface area contributed by atoms with Gasteiger partial charge in [0.05, 0.1) is 13.5 Å². The number of hydrogen-bond acceptors (Lipinski definition) is 6. The minimum absolute atomic E-state index is 0.0651. The molecule has 0 aliphatic rings. The molecule has 0 saturated heterocycles. The van der Waals surface area contributed by atoms with Crippen LogP contribution in [0.4, 0.5) is 5.69 Å². The molecule has 4 N–H and O–H groups in total. The fraction of sp³-hybridized carbons (Fsp3) is 0.185. The van der Waals surface area contributed by atoms with E-state index in [1.165, 1.54) is 4.90 Å². The molecule has 0 heterocycles. The summed E-state index contributed by atoms with van der Waals surface area (Å²) < 4.78 is 5.17. The van der Waals surface area contributed by atoms with Gasteiger partial charge in [0, 0.05) is 30.4 Å². The molecule has 0 aromatic heterocycles. The smallest absolute Gasteiger partial charge is 0.323 e. The third-order valence-corrected chi connectivity index (χ3v) is 5.47. The first-order valence-electron chi connectivity index (χ1n) is 11.4. The maximum Gasteiger partial charge on any atom is 0.323 e. The Labute approximate surface area is 214 Å². The second-order valence-electron chi connectivity index (χ2n) is 8.10. The van der Waals surface area contributed by atoms with E-state index in [1.807, 2.05) is 12.1 Å². The predicted molar refractivity (Wildman–Crippen MR) is 138 cm³/mol. The fourth-order valence-corrected chi connectivity index (χ4v) is 3.65. The molecule has 10 heteroatoms. The average Bonchev–Trinajstić information content (AvgIpc) is 2.89. The number of hydrogen-bond donors (Lipinski definition) is 4. The normalized spacial score (nSPS) is 10.9. The SMILES string of the molecule is CN/C(=N\O)c1ccc(CN(CC(=O)O)C(=O)c2ccc(NC(=O)Cc3cccc(OC)c3)cc2)cc1. The third-order valence-electron chi connectivity index (χ3n) is 5.47. The topological polar surface area (TPSA) is 141 Å². The largest absolute Gasteiger partial charge is 0.497 e. The summed E-state index contributed by atoms with van der Waals surface area (Å²) >= 11 is 0. The number of carboxylic acids is 1. The number of nitrogens with zero attached hydrogens (tertiary/aromatic N) is 2. The Kier molecular flexibility index (Phi) is 9.20. The molecule has 0 bridgehead atoms. The summed E-state index contributed by atoms with van der Waals surface area (Å²) in [6, 6.07) is 20.3. The number of amides is 2. The Morgan fingerprint density at radius 3 is 2.22 bits per heavy atom. The lowest BCUT2D eigenvalue weighted by Gasteiger charge is -2.21. The Morgan fingerprint density at radius 2 is 1.62 bits per heavy atom. The number of methoxy groups -OCH3 is 1. The van der Waals surface area contributed by atoms with Gasteiger partial charge in [0.2, 0.25) is 5.91 Å². The Hall–Kier alpha value is -4.86. The van der Waals surface area contributed by atoms with Crippen LogP contribution >= 0.6 is 0 Å². The molecule has 0 spiro atoms. The number of amidine groups is 1. The van der Waals surface area contributed by atoms with Crippen LogP contribution in [0.5, 0.6) is 5.75 Å². The highest BCUT2D eigenvalue weighted by Crippen LogP contribution is 2.17. The number of oxime groups is 1. The van der Waals surface area contributed by atoms with Gasteiger partial charge in [-0.05, 0) is 47.5 Å². The molecule has 192 valence electrons. The Bertz CT molecular complexity index is 1270. The summed E-state index contributed by atoms with van der Waals surface area (Å²) in [5.41, 5.74) is 2.93. The predicted octanol–water partition coefficient (Wildman–Crippen LogP) is 2.96. The third kappa shape index (κ3) is 7.56. The maximum absolute atomic E-state index is 13.1. The van der Waals surface area contributed by atoms with Gasteiger partial charge < -0.3 is 30.6 Å². The van der Waals surface area contributed by atoms with Crippen LogP contribution in [0, 0.1) is 0 Å². The highest BCUT2D eigenvalue weighted by Gasteiger charge is 2.19. The van der Waals surface area contributed by atoms with Crippen LogP contribution in [-0.2, 0) is 22.6 Å². The van der Waals surface area contributed by atoms with Crippen molar-refractivity contribution < 1.29 is 29.4 Å². The fourth-order valence-electron chi connectivity index (χ4n) is 3.65. The van der Waals surface area contributed by atoms with Crippen molar-refractivity contribution in [1.29, 1.82) is 0 Å². The molecule has 10 nitrogen and oxygen atoms in total. The molecular formula is C27H28N4O6. The number of benzene rings is 3. The van der Waals surface area contributed by atoms with Gasteiger partial charge in [-0.25, -0.2) is 0 Å². The van der Waals surface area contributed by atoms with Gasteiger partial charge in [0.15, 0.2) is 5.84 Å². The van der Waals surface area contributed by atoms with Crippen molar-refractivity contribution in [2.45, 2.75) is 13.0 Å². The van der Waals surface area contributed by atoms with E-state index in [-0.39, 0.29) is 30.3 Å². The molecule has 3 rings (SSSR count). The summed E-state index contributed by atoms with van der Waals surface area (Å²) in [5.74, 6) is -0.891. The Balaban J connectivity index is 1.67. The van der Waals surface area contributed by atoms with Crippen LogP contribution < -0.4 is 15.4 Å². The zero-order chi connectivity index (χ0) is 26.8. The van der Waals surface area contributed by atoms with E-state index in [9.17, 15) is 19.5 Å². The van der Waals surface area contributed by atoms with E-state index >= 15 is 0 Å². The van der Waals surface area contributed by atoms with Crippen LogP contribution in [0.3, 0.4) is 0 Å². The van der Waals surface area contributed by atoms with Crippen molar-refractivity contribution in [3.05, 3.63) is 95.1 Å². The molecule has 3 aromatic rings. The average molecular weight is 505 g/mol. The van der Waals surface area contributed by atoms with E-state index < -0.39 is 18.4 Å². The summed E-state index contributed by atoms with van der Waals surface area (Å²) in [6.07, 6.45) is 0.156. The second kappa shape index (κ2) is 12.7. The first-order valence-corrected chi connectivity index (χ1v) is 11.4. The maximum atomic E-state index is 13.1. The van der Waals surface area contributed by atoms with Crippen LogP contribution in [0.15, 0.2) is 78.0 Å². The minimum Gasteiger partial charge on any atom is -0.497 e. The van der Waals surface area contributed by atoms with Crippen molar-refractivity contribution in [1.82, 2.24) is 10.2 Å². The summed E-state index contributed by atoms with van der Waals surface area (Å²) in [4.78, 5) is 38.1. The number of aliphatic carboxylic acids is 1. The van der Waals surface area contributed by atoms with Gasteiger partial charge in [-0.2, -0.15) is 0 Å². The van der Waals surface area contributed by atoms with Crippen molar-refractivity contribution in [3.8, 4) is 5.75 Å². The number of carbonyl (C=O) groups excluding carboxylic acids is 2. The number of ether oxygens (including phenoxy) is 1. The van der Waals surface area contributed by atoms with Crippen molar-refractivity contribution >= 4 is 29.3 Å². The number of rotatable bonds is 10. The molecule has 0 saturated carbocycles. The molecule has 0 atom stereocenters. The van der Waals surface area contributed by atoms with Gasteiger partial charge in [-0.15, -0.1) is 0 Å². The molecule has 0 fully saturated rings. The van der Waals surface area contributed by atoms with Crippen LogP contribution in [0.2, 0.25) is 0 Å². The zero-order valence-corrected chi connectivity index (χ0v) is 20.5. The van der Waals surface area contributed by atoms with Gasteiger partial charge >= 0.3 is 5.97 Å². The monoisotopic (exact) mass is 504 g/mol. The highest BCUT2D eigenvalue weighted by molar-refractivity contribution is 5.98. The van der Waals surface area contributed by atoms with Gasteiger partial charge in [0.25, 0.3) is 5.91 Å². The summed E-state index contributed by atoms with van der Waals surface area (Å²) in [7, 11) is 3.18. The number of carboxylic acid groups (broad SMARTS) is 1. The van der Waals surface area contributed by atoms with Crippen molar-refractivity contribution in [2.75, 3.05) is 26.0 Å². The molecule has 0 aliphatic heterocycles. The first kappa shape index (κ1) is 26.7. The standard InChI is InChI=1S/C27H28N4O6/c1-28-26(30-36)20-8-6-18(7-9-20)16-31(17-25(33)34)27(35)21-10-12-22(13-11-21)29-24(32)15-19-4-3-5-23(14-19)37-2/h3-14,36H,15-17H2,1-2H3,(H,28,30)(H,29,32)(H,33,34). The number of carbonyl (C=O) groups is 3. The lowest BCUT2D eigenvalue weighted by atomic mass is 10.1. The quantitative estimate of drug-likeness (QED) is 0.144. The van der Waals surface area contributed by atoms with E-state index in [4.69, 9.17) is 9.94 Å². The van der Waals surface area contributed by atoms with E-state index in [2.05, 4.69) is 15.8 Å². The zero-order valence-electron chi connectivity index (χ0n) is 20.5. The van der Waals surface area contributed by atoms with Crippen molar-refractivity contribution in [3.63, 3.8) is 0 Å². The molecule has 0 unspecified atom stereocenters.